The Balaban J connectivity index is 1.82. The van der Waals surface area contributed by atoms with Gasteiger partial charge in [0.25, 0.3) is 0 Å². The molecule has 13 heavy (non-hydrogen) atoms. The number of thioether (sulfide) groups is 1. The molecule has 3 nitrogen and oxygen atoms in total. The summed E-state index contributed by atoms with van der Waals surface area (Å²) in [6.07, 6.45) is 5.46. The number of nitrogens with zero attached hydrogens (tertiary/aromatic N) is 1. The number of aromatic nitrogens is 2. The molecule has 2 rings (SSSR count). The van der Waals surface area contributed by atoms with Crippen molar-refractivity contribution in [3.05, 3.63) is 10.7 Å². The normalized spacial score (nSPS) is 18.2. The van der Waals surface area contributed by atoms with Gasteiger partial charge in [-0.15, -0.1) is 0 Å². The van der Waals surface area contributed by atoms with Crippen LogP contribution in [-0.4, -0.2) is 15.4 Å². The lowest BCUT2D eigenvalue weighted by molar-refractivity contribution is 0.400. The zero-order chi connectivity index (χ0) is 9.10. The molecule has 0 aliphatic heterocycles. The number of nitrogens with one attached hydrogen (secondary N) is 1. The molecule has 1 heterocycles. The smallest absolute Gasteiger partial charge is 0.314 e. The second-order valence-electron chi connectivity index (χ2n) is 3.25. The molecule has 1 saturated carbocycles. The van der Waals surface area contributed by atoms with Gasteiger partial charge in [-0.1, -0.05) is 12.8 Å². The first kappa shape index (κ1) is 9.27. The van der Waals surface area contributed by atoms with E-state index >= 15 is 0 Å². The van der Waals surface area contributed by atoms with Crippen LogP contribution in [0.5, 0.6) is 0 Å². The third-order valence-electron chi connectivity index (χ3n) is 2.24. The van der Waals surface area contributed by atoms with Crippen molar-refractivity contribution in [1.82, 2.24) is 10.1 Å². The monoisotopic (exact) mass is 216 g/mol. The second-order valence-corrected chi connectivity index (χ2v) is 4.88. The van der Waals surface area contributed by atoms with E-state index in [0.717, 1.165) is 16.8 Å². The Morgan fingerprint density at radius 2 is 2.31 bits per heavy atom. The lowest BCUT2D eigenvalue weighted by Gasteiger charge is -2.05. The van der Waals surface area contributed by atoms with Crippen LogP contribution >= 0.6 is 24.0 Å². The van der Waals surface area contributed by atoms with E-state index in [4.69, 9.17) is 16.7 Å². The van der Waals surface area contributed by atoms with E-state index in [1.165, 1.54) is 25.7 Å². The number of H-pyrrole nitrogens is 1. The van der Waals surface area contributed by atoms with Crippen molar-refractivity contribution in [3.8, 4) is 0 Å². The van der Waals surface area contributed by atoms with Crippen LogP contribution in [0.2, 0.25) is 0 Å². The lowest BCUT2D eigenvalue weighted by atomic mass is 10.4. The van der Waals surface area contributed by atoms with Gasteiger partial charge >= 0.3 is 4.84 Å². The van der Waals surface area contributed by atoms with Crippen molar-refractivity contribution >= 4 is 24.0 Å². The third kappa shape index (κ3) is 2.57. The predicted molar refractivity (Wildman–Crippen MR) is 55.2 cm³/mol. The minimum Gasteiger partial charge on any atom is -0.348 e. The molecule has 5 heteroatoms. The topological polar surface area (TPSA) is 41.8 Å². The van der Waals surface area contributed by atoms with Gasteiger partial charge in [0, 0.05) is 5.25 Å². The minimum absolute atomic E-state index is 0.307. The molecule has 0 aromatic carbocycles. The molecule has 0 atom stereocenters. The summed E-state index contributed by atoms with van der Waals surface area (Å²) >= 11 is 6.71. The van der Waals surface area contributed by atoms with Gasteiger partial charge in [0.2, 0.25) is 0 Å². The molecule has 0 amide bonds. The summed E-state index contributed by atoms with van der Waals surface area (Å²) in [5, 5.41) is 3.54. The lowest BCUT2D eigenvalue weighted by Crippen LogP contribution is -1.95. The Labute approximate surface area is 86.3 Å². The van der Waals surface area contributed by atoms with E-state index in [0.29, 0.717) is 4.84 Å². The fourth-order valence-electron chi connectivity index (χ4n) is 1.57. The molecule has 0 spiro atoms. The Bertz CT molecular complexity index is 314. The fourth-order valence-corrected chi connectivity index (χ4v) is 2.91. The molecule has 1 N–H and O–H groups in total. The predicted octanol–water partition coefficient (Wildman–Crippen LogP) is 2.91. The average Bonchev–Trinajstić information content (AvgIpc) is 2.71. The molecule has 0 radical (unpaired) electrons. The van der Waals surface area contributed by atoms with Crippen molar-refractivity contribution in [3.63, 3.8) is 0 Å². The summed E-state index contributed by atoms with van der Waals surface area (Å²) in [4.78, 5) is 4.35. The Morgan fingerprint density at radius 1 is 1.54 bits per heavy atom. The maximum absolute atomic E-state index is 4.85. The Morgan fingerprint density at radius 3 is 2.92 bits per heavy atom. The van der Waals surface area contributed by atoms with Crippen LogP contribution in [0.3, 0.4) is 0 Å². The molecule has 0 saturated heterocycles. The number of rotatable bonds is 3. The highest BCUT2D eigenvalue weighted by atomic mass is 32.2. The number of aromatic amines is 1. The van der Waals surface area contributed by atoms with Gasteiger partial charge in [-0.2, -0.15) is 16.7 Å². The van der Waals surface area contributed by atoms with E-state index in [1.807, 2.05) is 11.8 Å². The molecule has 0 unspecified atom stereocenters. The third-order valence-corrected chi connectivity index (χ3v) is 3.80. The van der Waals surface area contributed by atoms with E-state index in [2.05, 4.69) is 10.1 Å². The van der Waals surface area contributed by atoms with Crippen LogP contribution in [0, 0.1) is 4.84 Å². The summed E-state index contributed by atoms with van der Waals surface area (Å²) in [7, 11) is 0. The molecule has 1 fully saturated rings. The van der Waals surface area contributed by atoms with Crippen molar-refractivity contribution in [1.29, 1.82) is 0 Å². The Hall–Kier alpha value is -0.290. The quantitative estimate of drug-likeness (QED) is 0.789. The fraction of sp³-hybridized carbons (Fsp3) is 0.750. The summed E-state index contributed by atoms with van der Waals surface area (Å²) in [6, 6.07) is 0. The first-order valence-electron chi connectivity index (χ1n) is 4.50. The van der Waals surface area contributed by atoms with Gasteiger partial charge in [-0.05, 0) is 25.1 Å². The minimum atomic E-state index is 0.307. The molecule has 1 aromatic heterocycles. The molecule has 0 bridgehead atoms. The molecule has 72 valence electrons. The maximum Gasteiger partial charge on any atom is 0.314 e. The molecular weight excluding hydrogens is 204 g/mol. The number of hydrogen-bond acceptors (Lipinski definition) is 4. The SMILES string of the molecule is S=c1nc(CSC2CCCC2)[nH]o1. The largest absolute Gasteiger partial charge is 0.348 e. The van der Waals surface area contributed by atoms with Gasteiger partial charge in [0.15, 0.2) is 5.82 Å². The molecule has 1 aromatic rings. The van der Waals surface area contributed by atoms with Gasteiger partial charge < -0.3 is 4.52 Å². The van der Waals surface area contributed by atoms with Gasteiger partial charge in [0.05, 0.1) is 5.75 Å². The van der Waals surface area contributed by atoms with Gasteiger partial charge in [-0.3, -0.25) is 0 Å². The van der Waals surface area contributed by atoms with Crippen molar-refractivity contribution in [2.45, 2.75) is 36.7 Å². The highest BCUT2D eigenvalue weighted by molar-refractivity contribution is 7.99. The summed E-state index contributed by atoms with van der Waals surface area (Å²) < 4.78 is 4.85. The van der Waals surface area contributed by atoms with Crippen molar-refractivity contribution < 1.29 is 4.52 Å². The maximum atomic E-state index is 4.85. The zero-order valence-electron chi connectivity index (χ0n) is 7.28. The first-order chi connectivity index (χ1) is 6.34. The van der Waals surface area contributed by atoms with Crippen LogP contribution in [0.1, 0.15) is 31.5 Å². The zero-order valence-corrected chi connectivity index (χ0v) is 8.92. The first-order valence-corrected chi connectivity index (χ1v) is 5.96. The summed E-state index contributed by atoms with van der Waals surface area (Å²) in [5.41, 5.74) is 0. The van der Waals surface area contributed by atoms with E-state index < -0.39 is 0 Å². The van der Waals surface area contributed by atoms with Crippen LogP contribution in [-0.2, 0) is 5.75 Å². The second kappa shape index (κ2) is 4.28. The van der Waals surface area contributed by atoms with Gasteiger partial charge in [-0.25, -0.2) is 5.16 Å². The van der Waals surface area contributed by atoms with Crippen LogP contribution < -0.4 is 0 Å². The highest BCUT2D eigenvalue weighted by Gasteiger charge is 2.15. The molecular formula is C8H12N2OS2. The van der Waals surface area contributed by atoms with E-state index in [9.17, 15) is 0 Å². The summed E-state index contributed by atoms with van der Waals surface area (Å²) in [5.74, 6) is 1.76. The number of hydrogen-bond donors (Lipinski definition) is 1. The van der Waals surface area contributed by atoms with Crippen LogP contribution in [0.25, 0.3) is 0 Å². The van der Waals surface area contributed by atoms with Crippen molar-refractivity contribution in [2.75, 3.05) is 0 Å². The highest BCUT2D eigenvalue weighted by Crippen LogP contribution is 2.30. The summed E-state index contributed by atoms with van der Waals surface area (Å²) in [6.45, 7) is 0. The van der Waals surface area contributed by atoms with E-state index in [1.54, 1.807) is 0 Å². The molecule has 1 aliphatic rings. The van der Waals surface area contributed by atoms with Crippen molar-refractivity contribution in [2.24, 2.45) is 0 Å². The van der Waals surface area contributed by atoms with Crippen LogP contribution in [0.4, 0.5) is 0 Å². The van der Waals surface area contributed by atoms with Crippen LogP contribution in [0.15, 0.2) is 4.52 Å². The van der Waals surface area contributed by atoms with Gasteiger partial charge in [0.1, 0.15) is 0 Å². The standard InChI is InChI=1S/C8H12N2OS2/c12-8-9-7(10-11-8)5-13-6-3-1-2-4-6/h6H,1-5H2,(H,9,10,12). The average molecular weight is 216 g/mol. The molecule has 1 aliphatic carbocycles. The van der Waals surface area contributed by atoms with E-state index in [-0.39, 0.29) is 0 Å². The Kier molecular flexibility index (Phi) is 3.05.